The number of carboxylic acid groups (broad SMARTS) is 2. The van der Waals surface area contributed by atoms with Crippen LogP contribution in [0.25, 0.3) is 68.6 Å². The summed E-state index contributed by atoms with van der Waals surface area (Å²) in [5.74, 6) is 3.92. The standard InChI is InChI=1S/C82H91N5O4.Zn/c1-15-17-19-21-23-52-25-31-61(32-26-52)87(62-33-27-53(28-34-62)24-22-20-18-16-2)76-72-43-41-70(85-72)74(55-46-57(79(3,4)5)50-58(47-55)80(6,7)8)68-39-37-66(83-68)64(36-30-54-29-35-63(77(88)89)65(45-54)78(90)91)67-38-40-69(84-67)75(71-42-44-73(76)86-71)56-48-59(81(9,10)11)51-60(49-56)82(12,13)14;/h25-29,31-35,37-51H,15-24H2,1-14H3,(H4,83,84,85,86,88,89,90,91);/q;+2/p-2. The van der Waals surface area contributed by atoms with Crippen molar-refractivity contribution >= 4 is 75.4 Å². The number of aromatic carboxylic acids is 2. The van der Waals surface area contributed by atoms with Gasteiger partial charge in [0.1, 0.15) is 0 Å². The van der Waals surface area contributed by atoms with Gasteiger partial charge in [0.25, 0.3) is 0 Å². The van der Waals surface area contributed by atoms with Crippen LogP contribution in [-0.2, 0) is 54.0 Å². The zero-order chi connectivity index (χ0) is 65.2. The Balaban J connectivity index is 0.00001000. The third kappa shape index (κ3) is 15.4. The Morgan fingerprint density at radius 2 is 0.837 bits per heavy atom. The monoisotopic (exact) mass is 1270 g/mol. The fourth-order valence-corrected chi connectivity index (χ4v) is 12.0. The topological polar surface area (TPSA) is 132 Å². The van der Waals surface area contributed by atoms with E-state index in [1.807, 2.05) is 24.3 Å². The van der Waals surface area contributed by atoms with Crippen molar-refractivity contribution in [2.75, 3.05) is 4.90 Å². The molecule has 0 aliphatic carbocycles. The van der Waals surface area contributed by atoms with E-state index < -0.39 is 11.9 Å². The third-order valence-electron chi connectivity index (χ3n) is 17.6. The number of carbonyl (C=O) groups is 2. The zero-order valence-electron chi connectivity index (χ0n) is 56.7. The van der Waals surface area contributed by atoms with E-state index in [1.165, 1.54) is 90.1 Å². The summed E-state index contributed by atoms with van der Waals surface area (Å²) in [6, 6.07) is 44.4. The average Bonchev–Trinajstić information content (AvgIpc) is 1.50. The number of hydrogen-bond donors (Lipinski definition) is 2. The van der Waals surface area contributed by atoms with Crippen molar-refractivity contribution in [3.8, 4) is 34.1 Å². The molecular formula is C82H89N5O4Zn. The van der Waals surface area contributed by atoms with Gasteiger partial charge in [-0.1, -0.05) is 232 Å². The van der Waals surface area contributed by atoms with Crippen LogP contribution in [0.5, 0.6) is 0 Å². The molecule has 2 aliphatic rings. The molecule has 5 aromatic carbocycles. The second-order valence-electron chi connectivity index (χ2n) is 28.8. The molecule has 3 aromatic heterocycles. The minimum atomic E-state index is -1.36. The van der Waals surface area contributed by atoms with Crippen LogP contribution < -0.4 is 14.9 Å². The summed E-state index contributed by atoms with van der Waals surface area (Å²) in [5.41, 5.74) is 18.5. The van der Waals surface area contributed by atoms with Crippen LogP contribution in [-0.4, -0.2) is 32.1 Å². The van der Waals surface area contributed by atoms with E-state index in [9.17, 15) is 19.8 Å². The van der Waals surface area contributed by atoms with Gasteiger partial charge in [-0.25, -0.2) is 19.6 Å². The maximum Gasteiger partial charge on any atom is 2.00 e. The molecule has 8 bridgehead atoms. The molecule has 2 N–H and O–H groups in total. The van der Waals surface area contributed by atoms with E-state index in [4.69, 9.17) is 19.9 Å². The summed E-state index contributed by atoms with van der Waals surface area (Å²) in [6.45, 7) is 31.5. The number of aromatic nitrogens is 4. The van der Waals surface area contributed by atoms with Crippen LogP contribution in [0.2, 0.25) is 0 Å². The average molecular weight is 1270 g/mol. The Hall–Kier alpha value is -8.38. The minimum absolute atomic E-state index is 0. The van der Waals surface area contributed by atoms with Crippen molar-refractivity contribution < 1.29 is 39.3 Å². The molecule has 8 aromatic rings. The van der Waals surface area contributed by atoms with Crippen molar-refractivity contribution in [2.45, 2.75) is 183 Å². The number of rotatable bonds is 17. The fraction of sp³-hybridized carbons (Fsp3) is 0.341. The van der Waals surface area contributed by atoms with Crippen LogP contribution in [0.15, 0.2) is 127 Å². The number of aryl methyl sites for hydroxylation is 2. The molecule has 9 nitrogen and oxygen atoms in total. The Morgan fingerprint density at radius 1 is 0.435 bits per heavy atom. The summed E-state index contributed by atoms with van der Waals surface area (Å²) in [4.78, 5) is 49.8. The maximum absolute atomic E-state index is 12.5. The van der Waals surface area contributed by atoms with Crippen LogP contribution in [0.4, 0.5) is 17.1 Å². The largest absolute Gasteiger partial charge is 2.00 e. The zero-order valence-corrected chi connectivity index (χ0v) is 59.6. The maximum atomic E-state index is 12.5. The number of anilines is 3. The molecule has 0 saturated heterocycles. The predicted octanol–water partition coefficient (Wildman–Crippen LogP) is 20.9. The molecule has 0 amide bonds. The predicted molar refractivity (Wildman–Crippen MR) is 379 cm³/mol. The van der Waals surface area contributed by atoms with Crippen LogP contribution in [0.1, 0.15) is 236 Å². The first-order chi connectivity index (χ1) is 43.2. The number of nitrogens with zero attached hydrogens (tertiary/aromatic N) is 5. The third-order valence-corrected chi connectivity index (χ3v) is 17.6. The van der Waals surface area contributed by atoms with Gasteiger partial charge in [-0.15, -0.1) is 22.1 Å². The number of unbranched alkanes of at least 4 members (excludes halogenated alkanes) is 6. The van der Waals surface area contributed by atoms with Crippen LogP contribution in [0, 0.1) is 11.8 Å². The molecule has 0 saturated carbocycles. The van der Waals surface area contributed by atoms with Gasteiger partial charge in [0.2, 0.25) is 0 Å². The van der Waals surface area contributed by atoms with Gasteiger partial charge in [-0.05, 0) is 170 Å². The van der Waals surface area contributed by atoms with E-state index >= 15 is 0 Å². The van der Waals surface area contributed by atoms with Crippen LogP contribution >= 0.6 is 0 Å². The van der Waals surface area contributed by atoms with E-state index in [2.05, 4.69) is 223 Å². The quantitative estimate of drug-likeness (QED) is 0.0520. The Bertz CT molecular complexity index is 4170. The van der Waals surface area contributed by atoms with E-state index in [0.29, 0.717) is 33.5 Å². The van der Waals surface area contributed by atoms with Gasteiger partial charge >= 0.3 is 31.4 Å². The minimum Gasteiger partial charge on any atom is -0.656 e. The Labute approximate surface area is 558 Å². The van der Waals surface area contributed by atoms with Crippen molar-refractivity contribution in [1.82, 2.24) is 19.9 Å². The van der Waals surface area contributed by atoms with Gasteiger partial charge < -0.3 is 25.1 Å². The molecule has 0 radical (unpaired) electrons. The number of fused-ring (bicyclic) bond motifs is 8. The molecule has 0 unspecified atom stereocenters. The summed E-state index contributed by atoms with van der Waals surface area (Å²) in [6.07, 6.45) is 19.8. The molecular weight excluding hydrogens is 1180 g/mol. The van der Waals surface area contributed by atoms with Gasteiger partial charge in [0.15, 0.2) is 0 Å². The first-order valence-corrected chi connectivity index (χ1v) is 32.7. The second-order valence-corrected chi connectivity index (χ2v) is 28.8. The second kappa shape index (κ2) is 27.8. The summed E-state index contributed by atoms with van der Waals surface area (Å²) in [5, 5.41) is 20.1. The molecule has 0 spiro atoms. The van der Waals surface area contributed by atoms with Crippen molar-refractivity contribution in [1.29, 1.82) is 0 Å². The molecule has 5 heterocycles. The van der Waals surface area contributed by atoms with E-state index in [0.717, 1.165) is 87.4 Å². The van der Waals surface area contributed by atoms with Gasteiger partial charge in [0.05, 0.1) is 39.6 Å². The smallest absolute Gasteiger partial charge is 0.656 e. The van der Waals surface area contributed by atoms with Crippen LogP contribution in [0.3, 0.4) is 0 Å². The van der Waals surface area contributed by atoms with Gasteiger partial charge in [-0.3, -0.25) is 0 Å². The molecule has 0 atom stereocenters. The number of benzene rings is 5. The fourth-order valence-electron chi connectivity index (χ4n) is 12.0. The molecule has 468 valence electrons. The van der Waals surface area contributed by atoms with E-state index in [-0.39, 0.29) is 52.3 Å². The summed E-state index contributed by atoms with van der Waals surface area (Å²) in [7, 11) is 0. The summed E-state index contributed by atoms with van der Waals surface area (Å²) < 4.78 is 0. The van der Waals surface area contributed by atoms with Crippen molar-refractivity contribution in [3.05, 3.63) is 206 Å². The van der Waals surface area contributed by atoms with E-state index in [1.54, 1.807) is 0 Å². The molecule has 10 rings (SSSR count). The van der Waals surface area contributed by atoms with Gasteiger partial charge in [0, 0.05) is 22.5 Å². The van der Waals surface area contributed by atoms with Gasteiger partial charge in [-0.2, -0.15) is 0 Å². The first kappa shape index (κ1) is 68.0. The molecule has 10 heteroatoms. The van der Waals surface area contributed by atoms with Crippen molar-refractivity contribution in [2.24, 2.45) is 0 Å². The number of hydrogen-bond acceptors (Lipinski definition) is 5. The normalized spacial score (nSPS) is 12.4. The SMILES string of the molecule is CCCCCCc1ccc(N(c2ccc(CCCCCC)cc2)c2c3nc(c(-c4cc(C(C)(C)C)cc(C(C)(C)C)c4)c4ccc([n-]4)c(C#Cc4ccc(C(=O)O)c(C(=O)O)c4)c4nc(c(-c5cc(C(C)(C)C)cc(C(C)(C)C)c5)c5ccc2[n-]5)C=C4)C=C3)cc1.[Zn+2]. The molecule has 92 heavy (non-hydrogen) atoms. The molecule has 0 fully saturated rings. The molecule has 2 aliphatic heterocycles. The Kier molecular flexibility index (Phi) is 20.6. The number of carboxylic acids is 2. The summed E-state index contributed by atoms with van der Waals surface area (Å²) >= 11 is 0. The van der Waals surface area contributed by atoms with Crippen molar-refractivity contribution in [3.63, 3.8) is 0 Å². The Morgan fingerprint density at radius 3 is 1.27 bits per heavy atom. The first-order valence-electron chi connectivity index (χ1n) is 32.7.